The summed E-state index contributed by atoms with van der Waals surface area (Å²) in [5, 5.41) is 10.8. The first kappa shape index (κ1) is 16.3. The fourth-order valence-electron chi connectivity index (χ4n) is 3.08. The Labute approximate surface area is 151 Å². The van der Waals surface area contributed by atoms with Crippen LogP contribution in [0.3, 0.4) is 0 Å². The van der Waals surface area contributed by atoms with E-state index in [1.165, 1.54) is 18.5 Å². The molecule has 6 nitrogen and oxygen atoms in total. The predicted octanol–water partition coefficient (Wildman–Crippen LogP) is 3.27. The van der Waals surface area contributed by atoms with E-state index in [0.717, 1.165) is 18.7 Å². The second-order valence-electron chi connectivity index (χ2n) is 6.29. The van der Waals surface area contributed by atoms with Crippen molar-refractivity contribution in [1.29, 1.82) is 0 Å². The number of carbonyl (C=O) groups is 1. The van der Waals surface area contributed by atoms with Crippen LogP contribution in [0.1, 0.15) is 29.1 Å². The molecule has 2 aromatic carbocycles. The number of amides is 1. The van der Waals surface area contributed by atoms with Gasteiger partial charge < -0.3 is 14.6 Å². The van der Waals surface area contributed by atoms with Gasteiger partial charge in [0.1, 0.15) is 0 Å². The number of aromatic nitrogens is 2. The predicted molar refractivity (Wildman–Crippen MR) is 98.8 cm³/mol. The van der Waals surface area contributed by atoms with Crippen LogP contribution in [0.15, 0.2) is 59.0 Å². The highest BCUT2D eigenvalue weighted by molar-refractivity contribution is 5.94. The summed E-state index contributed by atoms with van der Waals surface area (Å²) in [6.07, 6.45) is 2.47. The molecule has 0 unspecified atom stereocenters. The molecule has 1 fully saturated rings. The number of benzene rings is 2. The second-order valence-corrected chi connectivity index (χ2v) is 6.29. The molecule has 26 heavy (non-hydrogen) atoms. The molecule has 1 aromatic heterocycles. The number of nitrogens with zero attached hydrogens (tertiary/aromatic N) is 3. The van der Waals surface area contributed by atoms with Gasteiger partial charge in [-0.3, -0.25) is 4.79 Å². The van der Waals surface area contributed by atoms with Gasteiger partial charge in [0.15, 0.2) is 0 Å². The maximum absolute atomic E-state index is 12.3. The lowest BCUT2D eigenvalue weighted by Gasteiger charge is -2.17. The minimum Gasteiger partial charge on any atom is -0.419 e. The molecule has 0 spiro atoms. The number of carbonyl (C=O) groups excluding carboxylic acids is 1. The summed E-state index contributed by atoms with van der Waals surface area (Å²) in [6, 6.07) is 17.3. The maximum Gasteiger partial charge on any atom is 0.251 e. The van der Waals surface area contributed by atoms with E-state index in [1.54, 1.807) is 0 Å². The Bertz CT molecular complexity index is 868. The maximum atomic E-state index is 12.3. The van der Waals surface area contributed by atoms with E-state index in [2.05, 4.69) is 20.4 Å². The summed E-state index contributed by atoms with van der Waals surface area (Å²) < 4.78 is 5.60. The molecular weight excluding hydrogens is 328 g/mol. The Morgan fingerprint density at radius 3 is 2.46 bits per heavy atom. The third-order valence-corrected chi connectivity index (χ3v) is 4.49. The molecule has 1 aliphatic rings. The molecule has 3 aromatic rings. The summed E-state index contributed by atoms with van der Waals surface area (Å²) in [7, 11) is 0. The normalized spacial score (nSPS) is 13.8. The van der Waals surface area contributed by atoms with E-state index >= 15 is 0 Å². The molecular formula is C20H20N4O2. The van der Waals surface area contributed by atoms with E-state index in [-0.39, 0.29) is 12.5 Å². The zero-order valence-electron chi connectivity index (χ0n) is 14.4. The van der Waals surface area contributed by atoms with Crippen LogP contribution >= 0.6 is 0 Å². The minimum atomic E-state index is -0.155. The van der Waals surface area contributed by atoms with Crippen molar-refractivity contribution in [1.82, 2.24) is 15.5 Å². The molecule has 1 N–H and O–H groups in total. The zero-order chi connectivity index (χ0) is 17.8. The van der Waals surface area contributed by atoms with Gasteiger partial charge in [0.2, 0.25) is 11.8 Å². The van der Waals surface area contributed by atoms with Crippen molar-refractivity contribution in [3.63, 3.8) is 0 Å². The number of rotatable bonds is 5. The first-order valence-corrected chi connectivity index (χ1v) is 8.80. The summed E-state index contributed by atoms with van der Waals surface area (Å²) in [5.74, 6) is 0.674. The van der Waals surface area contributed by atoms with Crippen molar-refractivity contribution < 1.29 is 9.21 Å². The van der Waals surface area contributed by atoms with Gasteiger partial charge in [-0.05, 0) is 49.2 Å². The molecule has 132 valence electrons. The van der Waals surface area contributed by atoms with Crippen LogP contribution in [0.2, 0.25) is 0 Å². The lowest BCUT2D eigenvalue weighted by molar-refractivity contribution is 0.0947. The average Bonchev–Trinajstić information content (AvgIpc) is 3.39. The van der Waals surface area contributed by atoms with Gasteiger partial charge in [0.25, 0.3) is 5.91 Å². The Balaban J connectivity index is 1.36. The lowest BCUT2D eigenvalue weighted by atomic mass is 10.2. The quantitative estimate of drug-likeness (QED) is 0.766. The van der Waals surface area contributed by atoms with Crippen molar-refractivity contribution >= 4 is 11.6 Å². The van der Waals surface area contributed by atoms with E-state index < -0.39 is 0 Å². The highest BCUT2D eigenvalue weighted by Gasteiger charge is 2.14. The van der Waals surface area contributed by atoms with E-state index in [0.29, 0.717) is 17.3 Å². The van der Waals surface area contributed by atoms with Crippen LogP contribution in [-0.4, -0.2) is 29.2 Å². The molecule has 0 radical (unpaired) electrons. The number of hydrogen-bond donors (Lipinski definition) is 1. The van der Waals surface area contributed by atoms with E-state index in [4.69, 9.17) is 4.42 Å². The van der Waals surface area contributed by atoms with Gasteiger partial charge >= 0.3 is 0 Å². The summed E-state index contributed by atoms with van der Waals surface area (Å²) >= 11 is 0. The van der Waals surface area contributed by atoms with Gasteiger partial charge in [-0.1, -0.05) is 18.2 Å². The minimum absolute atomic E-state index is 0.155. The molecule has 0 bridgehead atoms. The molecule has 0 atom stereocenters. The number of hydrogen-bond acceptors (Lipinski definition) is 5. The van der Waals surface area contributed by atoms with Crippen LogP contribution in [0.25, 0.3) is 11.5 Å². The van der Waals surface area contributed by atoms with Crippen LogP contribution < -0.4 is 10.2 Å². The van der Waals surface area contributed by atoms with Gasteiger partial charge in [-0.25, -0.2) is 0 Å². The highest BCUT2D eigenvalue weighted by atomic mass is 16.4. The standard InChI is InChI=1S/C20H20N4O2/c25-19(15-8-10-17(11-9-15)24-12-4-5-13-24)21-14-18-22-23-20(26-18)16-6-2-1-3-7-16/h1-3,6-11H,4-5,12-14H2,(H,21,25). The number of nitrogens with one attached hydrogen (secondary N) is 1. The lowest BCUT2D eigenvalue weighted by Crippen LogP contribution is -2.23. The monoisotopic (exact) mass is 348 g/mol. The fraction of sp³-hybridized carbons (Fsp3) is 0.250. The molecule has 6 heteroatoms. The van der Waals surface area contributed by atoms with Gasteiger partial charge in [0, 0.05) is 29.9 Å². The first-order chi connectivity index (χ1) is 12.8. The Kier molecular flexibility index (Phi) is 4.64. The molecule has 1 amide bonds. The van der Waals surface area contributed by atoms with E-state index in [1.807, 2.05) is 54.6 Å². The van der Waals surface area contributed by atoms with Crippen LogP contribution in [0.4, 0.5) is 5.69 Å². The van der Waals surface area contributed by atoms with Crippen molar-refractivity contribution in [3.05, 3.63) is 66.1 Å². The highest BCUT2D eigenvalue weighted by Crippen LogP contribution is 2.20. The van der Waals surface area contributed by atoms with Crippen LogP contribution in [0, 0.1) is 0 Å². The molecule has 0 saturated carbocycles. The largest absolute Gasteiger partial charge is 0.419 e. The Morgan fingerprint density at radius 2 is 1.73 bits per heavy atom. The molecule has 1 saturated heterocycles. The Morgan fingerprint density at radius 1 is 1.00 bits per heavy atom. The first-order valence-electron chi connectivity index (χ1n) is 8.80. The van der Waals surface area contributed by atoms with E-state index in [9.17, 15) is 4.79 Å². The van der Waals surface area contributed by atoms with Crippen LogP contribution in [0.5, 0.6) is 0 Å². The Hall–Kier alpha value is -3.15. The van der Waals surface area contributed by atoms with Crippen molar-refractivity contribution in [3.8, 4) is 11.5 Å². The van der Waals surface area contributed by atoms with Gasteiger partial charge in [0.05, 0.1) is 6.54 Å². The van der Waals surface area contributed by atoms with Crippen molar-refractivity contribution in [2.24, 2.45) is 0 Å². The smallest absolute Gasteiger partial charge is 0.251 e. The van der Waals surface area contributed by atoms with Crippen molar-refractivity contribution in [2.75, 3.05) is 18.0 Å². The summed E-state index contributed by atoms with van der Waals surface area (Å²) in [4.78, 5) is 14.7. The van der Waals surface area contributed by atoms with Crippen molar-refractivity contribution in [2.45, 2.75) is 19.4 Å². The zero-order valence-corrected chi connectivity index (χ0v) is 14.4. The summed E-state index contributed by atoms with van der Waals surface area (Å²) in [6.45, 7) is 2.38. The molecule has 1 aliphatic heterocycles. The number of anilines is 1. The molecule has 2 heterocycles. The average molecular weight is 348 g/mol. The second kappa shape index (κ2) is 7.39. The van der Waals surface area contributed by atoms with Gasteiger partial charge in [-0.15, -0.1) is 10.2 Å². The molecule has 4 rings (SSSR count). The summed E-state index contributed by atoms with van der Waals surface area (Å²) in [5.41, 5.74) is 2.65. The SMILES string of the molecule is O=C(NCc1nnc(-c2ccccc2)o1)c1ccc(N2CCCC2)cc1. The van der Waals surface area contributed by atoms with Gasteiger partial charge in [-0.2, -0.15) is 0 Å². The third kappa shape index (κ3) is 3.59. The topological polar surface area (TPSA) is 71.3 Å². The van der Waals surface area contributed by atoms with Crippen LogP contribution in [-0.2, 0) is 6.54 Å². The fourth-order valence-corrected chi connectivity index (χ4v) is 3.08. The third-order valence-electron chi connectivity index (χ3n) is 4.49. The molecule has 0 aliphatic carbocycles.